The lowest BCUT2D eigenvalue weighted by Crippen LogP contribution is -2.23. The molecule has 0 aliphatic carbocycles. The summed E-state index contributed by atoms with van der Waals surface area (Å²) in [5, 5.41) is 3.65. The largest absolute Gasteiger partial charge is 0.310 e. The summed E-state index contributed by atoms with van der Waals surface area (Å²) in [5.41, 5.74) is 4.36. The fourth-order valence-corrected chi connectivity index (χ4v) is 3.25. The Labute approximate surface area is 115 Å². The summed E-state index contributed by atoms with van der Waals surface area (Å²) in [4.78, 5) is 0. The van der Waals surface area contributed by atoms with Gasteiger partial charge in [-0.1, -0.05) is 61.5 Å². The van der Waals surface area contributed by atoms with Crippen LogP contribution in [0.25, 0.3) is 0 Å². The molecule has 0 fully saturated rings. The van der Waals surface area contributed by atoms with Crippen molar-refractivity contribution in [1.82, 2.24) is 5.32 Å². The summed E-state index contributed by atoms with van der Waals surface area (Å²) < 4.78 is 0. The number of nitrogens with one attached hydrogen (secondary N) is 1. The van der Waals surface area contributed by atoms with Crippen LogP contribution in [0.15, 0.2) is 54.6 Å². The Bertz CT molecular complexity index is 547. The van der Waals surface area contributed by atoms with E-state index in [2.05, 4.69) is 73.8 Å². The Morgan fingerprint density at radius 3 is 2.21 bits per heavy atom. The highest BCUT2D eigenvalue weighted by Crippen LogP contribution is 2.38. The maximum Gasteiger partial charge on any atom is 0.0294 e. The molecule has 0 saturated carbocycles. The molecule has 19 heavy (non-hydrogen) atoms. The van der Waals surface area contributed by atoms with Crippen molar-refractivity contribution in [2.45, 2.75) is 25.8 Å². The van der Waals surface area contributed by atoms with Crippen molar-refractivity contribution in [3.8, 4) is 0 Å². The Hall–Kier alpha value is -1.60. The second-order valence-corrected chi connectivity index (χ2v) is 5.62. The van der Waals surface area contributed by atoms with Crippen LogP contribution in [0.4, 0.5) is 0 Å². The van der Waals surface area contributed by atoms with Crippen LogP contribution >= 0.6 is 0 Å². The molecule has 1 aliphatic heterocycles. The van der Waals surface area contributed by atoms with Gasteiger partial charge in [-0.3, -0.25) is 0 Å². The van der Waals surface area contributed by atoms with Crippen molar-refractivity contribution in [3.63, 3.8) is 0 Å². The number of benzene rings is 2. The SMILES string of the molecule is CC1NCC(C)C(c2ccccc2)c2ccccc21. The standard InChI is InChI=1S/C18H21N/c1-13-12-19-14(2)16-10-6-7-11-17(16)18(13)15-8-4-3-5-9-15/h3-11,13-14,18-19H,12H2,1-2H3. The molecule has 1 N–H and O–H groups in total. The molecule has 0 saturated heterocycles. The van der Waals surface area contributed by atoms with Gasteiger partial charge in [0.15, 0.2) is 0 Å². The highest BCUT2D eigenvalue weighted by Gasteiger charge is 2.28. The topological polar surface area (TPSA) is 12.0 Å². The maximum atomic E-state index is 3.65. The van der Waals surface area contributed by atoms with Gasteiger partial charge in [0.2, 0.25) is 0 Å². The first kappa shape index (κ1) is 12.4. The van der Waals surface area contributed by atoms with Gasteiger partial charge in [0.1, 0.15) is 0 Å². The average Bonchev–Trinajstić information content (AvgIpc) is 2.58. The summed E-state index contributed by atoms with van der Waals surface area (Å²) in [7, 11) is 0. The number of fused-ring (bicyclic) bond motifs is 1. The Balaban J connectivity index is 2.14. The molecule has 0 spiro atoms. The first-order valence-electron chi connectivity index (χ1n) is 7.14. The predicted molar refractivity (Wildman–Crippen MR) is 80.3 cm³/mol. The van der Waals surface area contributed by atoms with E-state index in [-0.39, 0.29) is 0 Å². The third-order valence-electron chi connectivity index (χ3n) is 4.27. The minimum atomic E-state index is 0.437. The third kappa shape index (κ3) is 2.31. The zero-order chi connectivity index (χ0) is 13.2. The fraction of sp³-hybridized carbons (Fsp3) is 0.333. The second kappa shape index (κ2) is 5.18. The van der Waals surface area contributed by atoms with Crippen molar-refractivity contribution in [2.75, 3.05) is 6.54 Å². The van der Waals surface area contributed by atoms with E-state index in [4.69, 9.17) is 0 Å². The van der Waals surface area contributed by atoms with Gasteiger partial charge in [-0.25, -0.2) is 0 Å². The maximum absolute atomic E-state index is 3.65. The van der Waals surface area contributed by atoms with Crippen LogP contribution < -0.4 is 5.32 Å². The first-order valence-corrected chi connectivity index (χ1v) is 7.14. The van der Waals surface area contributed by atoms with Gasteiger partial charge >= 0.3 is 0 Å². The van der Waals surface area contributed by atoms with Crippen LogP contribution in [0.3, 0.4) is 0 Å². The van der Waals surface area contributed by atoms with Crippen LogP contribution in [0.1, 0.15) is 42.5 Å². The highest BCUT2D eigenvalue weighted by atomic mass is 14.9. The minimum Gasteiger partial charge on any atom is -0.310 e. The average molecular weight is 251 g/mol. The molecule has 0 radical (unpaired) electrons. The lowest BCUT2D eigenvalue weighted by molar-refractivity contribution is 0.462. The summed E-state index contributed by atoms with van der Waals surface area (Å²) >= 11 is 0. The quantitative estimate of drug-likeness (QED) is 0.804. The molecule has 3 atom stereocenters. The zero-order valence-corrected chi connectivity index (χ0v) is 11.6. The van der Waals surface area contributed by atoms with Crippen LogP contribution in [0.5, 0.6) is 0 Å². The van der Waals surface area contributed by atoms with Crippen LogP contribution in [-0.4, -0.2) is 6.54 Å². The van der Waals surface area contributed by atoms with E-state index in [0.717, 1.165) is 6.54 Å². The fourth-order valence-electron chi connectivity index (χ4n) is 3.25. The van der Waals surface area contributed by atoms with E-state index in [1.165, 1.54) is 16.7 Å². The molecule has 0 amide bonds. The van der Waals surface area contributed by atoms with E-state index in [1.807, 2.05) is 0 Å². The van der Waals surface area contributed by atoms with Gasteiger partial charge in [0, 0.05) is 12.0 Å². The molecule has 2 aromatic carbocycles. The lowest BCUT2D eigenvalue weighted by Gasteiger charge is -2.24. The summed E-state index contributed by atoms with van der Waals surface area (Å²) in [6.45, 7) is 5.67. The van der Waals surface area contributed by atoms with E-state index in [9.17, 15) is 0 Å². The summed E-state index contributed by atoms with van der Waals surface area (Å²) in [5.74, 6) is 1.10. The summed E-state index contributed by atoms with van der Waals surface area (Å²) in [6, 6.07) is 20.2. The summed E-state index contributed by atoms with van der Waals surface area (Å²) in [6.07, 6.45) is 0. The molecule has 3 rings (SSSR count). The monoisotopic (exact) mass is 251 g/mol. The van der Waals surface area contributed by atoms with Crippen molar-refractivity contribution >= 4 is 0 Å². The molecule has 98 valence electrons. The number of rotatable bonds is 1. The van der Waals surface area contributed by atoms with Gasteiger partial charge in [0.25, 0.3) is 0 Å². The van der Waals surface area contributed by atoms with Gasteiger partial charge in [-0.05, 0) is 36.1 Å². The number of hydrogen-bond donors (Lipinski definition) is 1. The second-order valence-electron chi connectivity index (χ2n) is 5.62. The molecular weight excluding hydrogens is 230 g/mol. The Morgan fingerprint density at radius 2 is 1.47 bits per heavy atom. The molecule has 1 nitrogen and oxygen atoms in total. The predicted octanol–water partition coefficient (Wildman–Crippen LogP) is 4.12. The van der Waals surface area contributed by atoms with Crippen LogP contribution in [-0.2, 0) is 0 Å². The molecule has 1 aliphatic rings. The van der Waals surface area contributed by atoms with Gasteiger partial charge < -0.3 is 5.32 Å². The number of hydrogen-bond acceptors (Lipinski definition) is 1. The highest BCUT2D eigenvalue weighted by molar-refractivity contribution is 5.41. The van der Waals surface area contributed by atoms with Crippen molar-refractivity contribution in [2.24, 2.45) is 5.92 Å². The van der Waals surface area contributed by atoms with E-state index < -0.39 is 0 Å². The van der Waals surface area contributed by atoms with E-state index in [1.54, 1.807) is 0 Å². The smallest absolute Gasteiger partial charge is 0.0294 e. The van der Waals surface area contributed by atoms with Gasteiger partial charge in [0.05, 0.1) is 0 Å². The molecule has 2 aromatic rings. The molecule has 3 unspecified atom stereocenters. The Morgan fingerprint density at radius 1 is 0.842 bits per heavy atom. The molecule has 0 aromatic heterocycles. The van der Waals surface area contributed by atoms with E-state index >= 15 is 0 Å². The van der Waals surface area contributed by atoms with E-state index in [0.29, 0.717) is 17.9 Å². The third-order valence-corrected chi connectivity index (χ3v) is 4.27. The van der Waals surface area contributed by atoms with Crippen molar-refractivity contribution in [1.29, 1.82) is 0 Å². The van der Waals surface area contributed by atoms with Crippen molar-refractivity contribution in [3.05, 3.63) is 71.3 Å². The van der Waals surface area contributed by atoms with Crippen LogP contribution in [0.2, 0.25) is 0 Å². The normalized spacial score (nSPS) is 26.5. The lowest BCUT2D eigenvalue weighted by atomic mass is 9.80. The van der Waals surface area contributed by atoms with Gasteiger partial charge in [-0.2, -0.15) is 0 Å². The molecule has 1 heterocycles. The molecule has 0 bridgehead atoms. The van der Waals surface area contributed by atoms with Gasteiger partial charge in [-0.15, -0.1) is 0 Å². The Kier molecular flexibility index (Phi) is 3.39. The first-order chi connectivity index (χ1) is 9.27. The van der Waals surface area contributed by atoms with Crippen LogP contribution in [0, 0.1) is 5.92 Å². The molecular formula is C18H21N. The molecule has 1 heteroatoms. The minimum absolute atomic E-state index is 0.437. The zero-order valence-electron chi connectivity index (χ0n) is 11.6. The van der Waals surface area contributed by atoms with Crippen molar-refractivity contribution < 1.29 is 0 Å².